The first-order chi connectivity index (χ1) is 14.9. The molecule has 0 aliphatic carbocycles. The summed E-state index contributed by atoms with van der Waals surface area (Å²) in [6.07, 6.45) is -5.08. The van der Waals surface area contributed by atoms with Gasteiger partial charge in [0, 0.05) is 22.9 Å². The van der Waals surface area contributed by atoms with Crippen molar-refractivity contribution >= 4 is 64.0 Å². The first-order valence-corrected chi connectivity index (χ1v) is 9.93. The van der Waals surface area contributed by atoms with Crippen LogP contribution in [0, 0.1) is 0 Å². The van der Waals surface area contributed by atoms with Crippen molar-refractivity contribution in [2.75, 3.05) is 5.32 Å². The Morgan fingerprint density at radius 2 is 1.59 bits per heavy atom. The molecule has 0 aliphatic rings. The standard InChI is InChI=1S/C17H10Cl4N2O2.C2HF3O2/c18-11-5-2-6-12(19)15(11)13-8-14(25-23-13)9-3-1-4-10(7-9)22-17(24)16(20)21;3-2(4,5)1(6)7/h1-8,16H,(H,22,24);(H,6,7). The van der Waals surface area contributed by atoms with E-state index in [0.29, 0.717) is 38.3 Å². The van der Waals surface area contributed by atoms with E-state index in [1.54, 1.807) is 42.5 Å². The third-order valence-corrected chi connectivity index (χ3v) is 4.61. The average Bonchev–Trinajstić information content (AvgIpc) is 3.17. The second kappa shape index (κ2) is 10.9. The quantitative estimate of drug-likeness (QED) is 0.367. The third-order valence-electron chi connectivity index (χ3n) is 3.58. The van der Waals surface area contributed by atoms with E-state index in [9.17, 15) is 18.0 Å². The number of amides is 1. The second-order valence-corrected chi connectivity index (χ2v) is 7.76. The van der Waals surface area contributed by atoms with Crippen LogP contribution in [0.2, 0.25) is 10.0 Å². The van der Waals surface area contributed by atoms with Gasteiger partial charge in [0.25, 0.3) is 5.91 Å². The van der Waals surface area contributed by atoms with Gasteiger partial charge in [0.15, 0.2) is 10.6 Å². The fourth-order valence-electron chi connectivity index (χ4n) is 2.22. The molecule has 32 heavy (non-hydrogen) atoms. The number of carboxylic acids is 1. The summed E-state index contributed by atoms with van der Waals surface area (Å²) in [6.45, 7) is 0. The van der Waals surface area contributed by atoms with Crippen LogP contribution in [0.25, 0.3) is 22.6 Å². The van der Waals surface area contributed by atoms with E-state index < -0.39 is 22.9 Å². The summed E-state index contributed by atoms with van der Waals surface area (Å²) in [7, 11) is 0. The van der Waals surface area contributed by atoms with Gasteiger partial charge >= 0.3 is 12.1 Å². The molecule has 0 spiro atoms. The van der Waals surface area contributed by atoms with Crippen LogP contribution in [0.4, 0.5) is 18.9 Å². The van der Waals surface area contributed by atoms with Crippen molar-refractivity contribution in [2.45, 2.75) is 11.0 Å². The Hall–Kier alpha value is -2.46. The molecule has 0 aliphatic heterocycles. The summed E-state index contributed by atoms with van der Waals surface area (Å²) in [5, 5.41) is 14.7. The number of carbonyl (C=O) groups is 2. The van der Waals surface area contributed by atoms with Crippen molar-refractivity contribution < 1.29 is 32.4 Å². The fourth-order valence-corrected chi connectivity index (χ4v) is 2.92. The van der Waals surface area contributed by atoms with Crippen molar-refractivity contribution in [3.05, 3.63) is 58.6 Å². The van der Waals surface area contributed by atoms with Gasteiger partial charge in [-0.05, 0) is 24.3 Å². The lowest BCUT2D eigenvalue weighted by molar-refractivity contribution is -0.192. The molecule has 2 aromatic carbocycles. The summed E-state index contributed by atoms with van der Waals surface area (Å²) in [5.41, 5.74) is 2.35. The van der Waals surface area contributed by atoms with Crippen molar-refractivity contribution in [3.63, 3.8) is 0 Å². The highest BCUT2D eigenvalue weighted by molar-refractivity contribution is 6.54. The summed E-state index contributed by atoms with van der Waals surface area (Å²) in [4.78, 5) is 19.3. The SMILES string of the molecule is O=C(Nc1cccc(-c2cc(-c3c(Cl)cccc3Cl)no2)c1)C(Cl)Cl.O=C(O)C(F)(F)F. The number of carboxylic acid groups (broad SMARTS) is 1. The number of carbonyl (C=O) groups excluding carboxylic acids is 1. The summed E-state index contributed by atoms with van der Waals surface area (Å²) in [5.74, 6) is -2.77. The lowest BCUT2D eigenvalue weighted by atomic mass is 10.1. The van der Waals surface area contributed by atoms with Gasteiger partial charge in [-0.2, -0.15) is 13.2 Å². The van der Waals surface area contributed by atoms with Gasteiger partial charge in [0.05, 0.1) is 10.0 Å². The van der Waals surface area contributed by atoms with Crippen LogP contribution in [-0.2, 0) is 9.59 Å². The number of aliphatic carboxylic acids is 1. The van der Waals surface area contributed by atoms with Gasteiger partial charge in [0.2, 0.25) is 0 Å². The van der Waals surface area contributed by atoms with Gasteiger partial charge in [-0.15, -0.1) is 0 Å². The number of rotatable bonds is 4. The molecule has 2 N–H and O–H groups in total. The molecule has 1 heterocycles. The first kappa shape index (κ1) is 25.8. The van der Waals surface area contributed by atoms with E-state index in [2.05, 4.69) is 10.5 Å². The predicted octanol–water partition coefficient (Wildman–Crippen LogP) is 6.69. The average molecular weight is 530 g/mol. The van der Waals surface area contributed by atoms with E-state index >= 15 is 0 Å². The maximum Gasteiger partial charge on any atom is 0.490 e. The Bertz CT molecular complexity index is 1100. The van der Waals surface area contributed by atoms with E-state index in [1.807, 2.05) is 6.07 Å². The maximum atomic E-state index is 11.6. The van der Waals surface area contributed by atoms with E-state index in [0.717, 1.165) is 0 Å². The van der Waals surface area contributed by atoms with Crippen molar-refractivity contribution in [1.29, 1.82) is 0 Å². The smallest absolute Gasteiger partial charge is 0.475 e. The minimum atomic E-state index is -5.08. The zero-order valence-corrected chi connectivity index (χ0v) is 18.5. The Morgan fingerprint density at radius 1 is 1.03 bits per heavy atom. The Kier molecular flexibility index (Phi) is 8.80. The van der Waals surface area contributed by atoms with Crippen molar-refractivity contribution in [2.24, 2.45) is 0 Å². The molecule has 1 aromatic heterocycles. The van der Waals surface area contributed by atoms with Crippen LogP contribution in [0.1, 0.15) is 0 Å². The predicted molar refractivity (Wildman–Crippen MR) is 115 cm³/mol. The highest BCUT2D eigenvalue weighted by Gasteiger charge is 2.38. The molecule has 0 saturated heterocycles. The maximum absolute atomic E-state index is 11.6. The molecule has 170 valence electrons. The van der Waals surface area contributed by atoms with Crippen molar-refractivity contribution in [3.8, 4) is 22.6 Å². The molecule has 0 atom stereocenters. The molecule has 0 saturated carbocycles. The second-order valence-electron chi connectivity index (χ2n) is 5.85. The van der Waals surface area contributed by atoms with E-state index in [1.165, 1.54) is 0 Å². The van der Waals surface area contributed by atoms with Gasteiger partial charge < -0.3 is 14.9 Å². The number of anilines is 1. The zero-order valence-electron chi connectivity index (χ0n) is 15.5. The topological polar surface area (TPSA) is 92.4 Å². The summed E-state index contributed by atoms with van der Waals surface area (Å²) >= 11 is 23.5. The highest BCUT2D eigenvalue weighted by atomic mass is 35.5. The van der Waals surface area contributed by atoms with Gasteiger partial charge in [-0.3, -0.25) is 4.79 Å². The van der Waals surface area contributed by atoms with Crippen LogP contribution in [0.5, 0.6) is 0 Å². The first-order valence-electron chi connectivity index (χ1n) is 8.30. The largest absolute Gasteiger partial charge is 0.490 e. The number of hydrogen-bond donors (Lipinski definition) is 2. The lowest BCUT2D eigenvalue weighted by Gasteiger charge is -2.06. The summed E-state index contributed by atoms with van der Waals surface area (Å²) in [6, 6.07) is 13.9. The van der Waals surface area contributed by atoms with Gasteiger partial charge in [-0.1, -0.05) is 69.8 Å². The number of alkyl halides is 5. The monoisotopic (exact) mass is 528 g/mol. The fraction of sp³-hybridized carbons (Fsp3) is 0.105. The lowest BCUT2D eigenvalue weighted by Crippen LogP contribution is -2.21. The molecular formula is C19H11Cl4F3N2O4. The molecule has 1 amide bonds. The van der Waals surface area contributed by atoms with Crippen LogP contribution >= 0.6 is 46.4 Å². The van der Waals surface area contributed by atoms with Crippen molar-refractivity contribution in [1.82, 2.24) is 5.16 Å². The number of benzene rings is 2. The Morgan fingerprint density at radius 3 is 2.12 bits per heavy atom. The molecule has 0 fully saturated rings. The van der Waals surface area contributed by atoms with Crippen LogP contribution in [0.15, 0.2) is 53.1 Å². The Balaban J connectivity index is 0.000000451. The highest BCUT2D eigenvalue weighted by Crippen LogP contribution is 2.36. The molecule has 3 aromatic rings. The van der Waals surface area contributed by atoms with Gasteiger partial charge in [0.1, 0.15) is 5.69 Å². The van der Waals surface area contributed by atoms with Gasteiger partial charge in [-0.25, -0.2) is 4.79 Å². The summed E-state index contributed by atoms with van der Waals surface area (Å²) < 4.78 is 37.1. The van der Waals surface area contributed by atoms with E-state index in [4.69, 9.17) is 60.8 Å². The third kappa shape index (κ3) is 7.03. The number of aromatic nitrogens is 1. The molecule has 13 heteroatoms. The molecular weight excluding hydrogens is 519 g/mol. The molecule has 0 unspecified atom stereocenters. The normalized spacial score (nSPS) is 11.0. The van der Waals surface area contributed by atoms with Crippen LogP contribution in [-0.4, -0.2) is 33.2 Å². The molecule has 0 radical (unpaired) electrons. The number of nitrogens with zero attached hydrogens (tertiary/aromatic N) is 1. The number of hydrogen-bond acceptors (Lipinski definition) is 4. The molecule has 3 rings (SSSR count). The zero-order chi connectivity index (χ0) is 24.1. The molecule has 6 nitrogen and oxygen atoms in total. The molecule has 0 bridgehead atoms. The Labute approximate surface area is 198 Å². The minimum Gasteiger partial charge on any atom is -0.475 e. The van der Waals surface area contributed by atoms with Crippen LogP contribution < -0.4 is 5.32 Å². The van der Waals surface area contributed by atoms with Crippen LogP contribution in [0.3, 0.4) is 0 Å². The minimum absolute atomic E-state index is 0.476. The number of nitrogens with one attached hydrogen (secondary N) is 1. The van der Waals surface area contributed by atoms with E-state index in [-0.39, 0.29) is 0 Å². The number of halogens is 7.